The predicted octanol–water partition coefficient (Wildman–Crippen LogP) is 2.57. The third-order valence-corrected chi connectivity index (χ3v) is 2.60. The Balaban J connectivity index is 2.03. The molecule has 2 aromatic rings. The van der Waals surface area contributed by atoms with Crippen molar-refractivity contribution < 1.29 is 14.7 Å². The molecule has 0 saturated heterocycles. The molecule has 0 aliphatic carbocycles. The van der Waals surface area contributed by atoms with Crippen LogP contribution in [-0.4, -0.2) is 17.0 Å². The summed E-state index contributed by atoms with van der Waals surface area (Å²) in [5.41, 5.74) is 1.55. The summed E-state index contributed by atoms with van der Waals surface area (Å²) in [7, 11) is 0. The Morgan fingerprint density at radius 1 is 1.00 bits per heavy atom. The van der Waals surface area contributed by atoms with E-state index in [-0.39, 0.29) is 17.9 Å². The number of hydrogen-bond acceptors (Lipinski definition) is 2. The SMILES string of the molecule is O=C(Cc1ccccc1)Nc1cccc(C(=O)O)c1. The summed E-state index contributed by atoms with van der Waals surface area (Å²) in [4.78, 5) is 22.6. The van der Waals surface area contributed by atoms with Crippen LogP contribution in [0.2, 0.25) is 0 Å². The van der Waals surface area contributed by atoms with Crippen LogP contribution in [0.1, 0.15) is 15.9 Å². The van der Waals surface area contributed by atoms with Crippen molar-refractivity contribution in [3.8, 4) is 0 Å². The third-order valence-electron chi connectivity index (χ3n) is 2.60. The Kier molecular flexibility index (Phi) is 3.93. The lowest BCUT2D eigenvalue weighted by Crippen LogP contribution is -2.14. The van der Waals surface area contributed by atoms with Gasteiger partial charge in [0.15, 0.2) is 0 Å². The zero-order valence-electron chi connectivity index (χ0n) is 10.2. The van der Waals surface area contributed by atoms with Crippen LogP contribution in [0.3, 0.4) is 0 Å². The minimum atomic E-state index is -1.01. The summed E-state index contributed by atoms with van der Waals surface area (Å²) in [6, 6.07) is 15.5. The van der Waals surface area contributed by atoms with Crippen molar-refractivity contribution in [1.29, 1.82) is 0 Å². The maximum Gasteiger partial charge on any atom is 0.335 e. The molecule has 0 aliphatic heterocycles. The molecule has 0 heterocycles. The molecule has 96 valence electrons. The topological polar surface area (TPSA) is 66.4 Å². The van der Waals surface area contributed by atoms with Gasteiger partial charge in [0, 0.05) is 5.69 Å². The first-order valence-corrected chi connectivity index (χ1v) is 5.82. The lowest BCUT2D eigenvalue weighted by Gasteiger charge is -2.06. The highest BCUT2D eigenvalue weighted by atomic mass is 16.4. The Hall–Kier alpha value is -2.62. The van der Waals surface area contributed by atoms with Gasteiger partial charge in [0.1, 0.15) is 0 Å². The monoisotopic (exact) mass is 255 g/mol. The molecule has 0 aromatic heterocycles. The molecule has 0 saturated carbocycles. The summed E-state index contributed by atoms with van der Waals surface area (Å²) >= 11 is 0. The fraction of sp³-hybridized carbons (Fsp3) is 0.0667. The zero-order valence-corrected chi connectivity index (χ0v) is 10.2. The van der Waals surface area contributed by atoms with Crippen molar-refractivity contribution in [2.24, 2.45) is 0 Å². The van der Waals surface area contributed by atoms with Crippen molar-refractivity contribution in [3.63, 3.8) is 0 Å². The van der Waals surface area contributed by atoms with Gasteiger partial charge in [-0.05, 0) is 23.8 Å². The highest BCUT2D eigenvalue weighted by molar-refractivity contribution is 5.94. The normalized spacial score (nSPS) is 9.89. The van der Waals surface area contributed by atoms with Crippen LogP contribution in [0, 0.1) is 0 Å². The molecule has 1 amide bonds. The summed E-state index contributed by atoms with van der Waals surface area (Å²) in [5.74, 6) is -1.19. The summed E-state index contributed by atoms with van der Waals surface area (Å²) in [6.45, 7) is 0. The Morgan fingerprint density at radius 3 is 2.42 bits per heavy atom. The van der Waals surface area contributed by atoms with Gasteiger partial charge in [0.25, 0.3) is 0 Å². The van der Waals surface area contributed by atoms with Gasteiger partial charge in [0.05, 0.1) is 12.0 Å². The molecule has 0 fully saturated rings. The number of carbonyl (C=O) groups is 2. The molecule has 4 nitrogen and oxygen atoms in total. The van der Waals surface area contributed by atoms with E-state index in [4.69, 9.17) is 5.11 Å². The molecule has 0 spiro atoms. The van der Waals surface area contributed by atoms with Gasteiger partial charge in [-0.2, -0.15) is 0 Å². The van der Waals surface area contributed by atoms with E-state index in [0.717, 1.165) is 5.56 Å². The van der Waals surface area contributed by atoms with E-state index in [1.54, 1.807) is 12.1 Å². The average Bonchev–Trinajstić information content (AvgIpc) is 2.40. The number of hydrogen-bond donors (Lipinski definition) is 2. The van der Waals surface area contributed by atoms with Crippen LogP contribution < -0.4 is 5.32 Å². The van der Waals surface area contributed by atoms with Crippen LogP contribution in [0.15, 0.2) is 54.6 Å². The number of carboxylic acids is 1. The lowest BCUT2D eigenvalue weighted by atomic mass is 10.1. The standard InChI is InChI=1S/C15H13NO3/c17-14(9-11-5-2-1-3-6-11)16-13-8-4-7-12(10-13)15(18)19/h1-8,10H,9H2,(H,16,17)(H,18,19). The van der Waals surface area contributed by atoms with Crippen molar-refractivity contribution in [2.75, 3.05) is 5.32 Å². The Labute approximate surface area is 110 Å². The molecule has 19 heavy (non-hydrogen) atoms. The van der Waals surface area contributed by atoms with E-state index in [9.17, 15) is 9.59 Å². The molecule has 2 aromatic carbocycles. The molecular weight excluding hydrogens is 242 g/mol. The van der Waals surface area contributed by atoms with Gasteiger partial charge in [-0.1, -0.05) is 36.4 Å². The maximum absolute atomic E-state index is 11.8. The second-order valence-corrected chi connectivity index (χ2v) is 4.10. The number of anilines is 1. The maximum atomic E-state index is 11.8. The molecule has 0 unspecified atom stereocenters. The van der Waals surface area contributed by atoms with Gasteiger partial charge in [-0.25, -0.2) is 4.79 Å². The highest BCUT2D eigenvalue weighted by Gasteiger charge is 2.06. The first-order valence-electron chi connectivity index (χ1n) is 5.82. The van der Waals surface area contributed by atoms with Crippen LogP contribution >= 0.6 is 0 Å². The fourth-order valence-electron chi connectivity index (χ4n) is 1.72. The van der Waals surface area contributed by atoms with Crippen LogP contribution in [0.5, 0.6) is 0 Å². The van der Waals surface area contributed by atoms with Crippen molar-refractivity contribution in [3.05, 3.63) is 65.7 Å². The molecular formula is C15H13NO3. The van der Waals surface area contributed by atoms with E-state index in [1.165, 1.54) is 12.1 Å². The van der Waals surface area contributed by atoms with E-state index in [2.05, 4.69) is 5.32 Å². The van der Waals surface area contributed by atoms with Crippen molar-refractivity contribution in [2.45, 2.75) is 6.42 Å². The van der Waals surface area contributed by atoms with E-state index in [1.807, 2.05) is 30.3 Å². The minimum absolute atomic E-state index is 0.150. The average molecular weight is 255 g/mol. The Bertz CT molecular complexity index is 593. The van der Waals surface area contributed by atoms with E-state index in [0.29, 0.717) is 5.69 Å². The quantitative estimate of drug-likeness (QED) is 0.882. The number of amides is 1. The van der Waals surface area contributed by atoms with Gasteiger partial charge in [-0.15, -0.1) is 0 Å². The molecule has 0 bridgehead atoms. The Morgan fingerprint density at radius 2 is 1.74 bits per heavy atom. The molecule has 0 aliphatic rings. The first kappa shape index (κ1) is 12.8. The molecule has 2 rings (SSSR count). The molecule has 0 atom stereocenters. The summed E-state index contributed by atoms with van der Waals surface area (Å²) < 4.78 is 0. The van der Waals surface area contributed by atoms with Crippen LogP contribution in [-0.2, 0) is 11.2 Å². The van der Waals surface area contributed by atoms with Crippen molar-refractivity contribution in [1.82, 2.24) is 0 Å². The van der Waals surface area contributed by atoms with Gasteiger partial charge < -0.3 is 10.4 Å². The number of benzene rings is 2. The van der Waals surface area contributed by atoms with Crippen molar-refractivity contribution >= 4 is 17.6 Å². The second-order valence-electron chi connectivity index (χ2n) is 4.10. The minimum Gasteiger partial charge on any atom is -0.478 e. The van der Waals surface area contributed by atoms with E-state index < -0.39 is 5.97 Å². The third kappa shape index (κ3) is 3.67. The summed E-state index contributed by atoms with van der Waals surface area (Å²) in [5, 5.41) is 11.5. The van der Waals surface area contributed by atoms with Gasteiger partial charge >= 0.3 is 5.97 Å². The number of nitrogens with one attached hydrogen (secondary N) is 1. The van der Waals surface area contributed by atoms with Crippen LogP contribution in [0.25, 0.3) is 0 Å². The predicted molar refractivity (Wildman–Crippen MR) is 72.2 cm³/mol. The van der Waals surface area contributed by atoms with Gasteiger partial charge in [0.2, 0.25) is 5.91 Å². The first-order chi connectivity index (χ1) is 9.15. The molecule has 2 N–H and O–H groups in total. The zero-order chi connectivity index (χ0) is 13.7. The number of carboxylic acid groups (broad SMARTS) is 1. The van der Waals surface area contributed by atoms with Gasteiger partial charge in [-0.3, -0.25) is 4.79 Å². The number of rotatable bonds is 4. The number of carbonyl (C=O) groups excluding carboxylic acids is 1. The smallest absolute Gasteiger partial charge is 0.335 e. The highest BCUT2D eigenvalue weighted by Crippen LogP contribution is 2.11. The van der Waals surface area contributed by atoms with E-state index >= 15 is 0 Å². The second kappa shape index (κ2) is 5.82. The number of aromatic carboxylic acids is 1. The van der Waals surface area contributed by atoms with Crippen LogP contribution in [0.4, 0.5) is 5.69 Å². The molecule has 0 radical (unpaired) electrons. The summed E-state index contributed by atoms with van der Waals surface area (Å²) in [6.07, 6.45) is 0.262. The fourth-order valence-corrected chi connectivity index (χ4v) is 1.72. The lowest BCUT2D eigenvalue weighted by molar-refractivity contribution is -0.115. The molecule has 4 heteroatoms. The largest absolute Gasteiger partial charge is 0.478 e.